The van der Waals surface area contributed by atoms with E-state index in [1.807, 2.05) is 17.5 Å². The van der Waals surface area contributed by atoms with E-state index in [0.29, 0.717) is 18.3 Å². The molecule has 0 aromatic carbocycles. The van der Waals surface area contributed by atoms with Gasteiger partial charge in [-0.2, -0.15) is 0 Å². The summed E-state index contributed by atoms with van der Waals surface area (Å²) in [5.41, 5.74) is 0. The highest BCUT2D eigenvalue weighted by Gasteiger charge is 2.30. The number of hydrogen-bond donors (Lipinski definition) is 1. The Balaban J connectivity index is 1.40. The molecule has 6 nitrogen and oxygen atoms in total. The molecule has 0 saturated heterocycles. The Hall–Kier alpha value is -2.06. The lowest BCUT2D eigenvalue weighted by atomic mass is 10.4. The second kappa shape index (κ2) is 6.82. The minimum absolute atomic E-state index is 0.0422. The highest BCUT2D eigenvalue weighted by molar-refractivity contribution is 7.99. The first-order chi connectivity index (χ1) is 11.8. The van der Waals surface area contributed by atoms with Crippen LogP contribution in [0.4, 0.5) is 0 Å². The summed E-state index contributed by atoms with van der Waals surface area (Å²) >= 11 is 3.09. The zero-order valence-corrected chi connectivity index (χ0v) is 14.5. The van der Waals surface area contributed by atoms with Crippen molar-refractivity contribution in [1.29, 1.82) is 0 Å². The lowest BCUT2D eigenvalue weighted by Crippen LogP contribution is -2.24. The maximum Gasteiger partial charge on any atom is 0.230 e. The average Bonchev–Trinajstić information content (AvgIpc) is 3.05. The summed E-state index contributed by atoms with van der Waals surface area (Å²) in [6.45, 7) is 0.405. The van der Waals surface area contributed by atoms with Gasteiger partial charge in [0, 0.05) is 6.04 Å². The van der Waals surface area contributed by atoms with Crippen LogP contribution in [0.5, 0.6) is 0 Å². The fraction of sp³-hybridized carbons (Fsp3) is 0.312. The smallest absolute Gasteiger partial charge is 0.230 e. The van der Waals surface area contributed by atoms with Crippen LogP contribution in [0, 0.1) is 0 Å². The summed E-state index contributed by atoms with van der Waals surface area (Å²) < 4.78 is 7.38. The molecule has 0 spiro atoms. The van der Waals surface area contributed by atoms with Gasteiger partial charge < -0.3 is 9.73 Å². The number of furan rings is 1. The Kier molecular flexibility index (Phi) is 4.40. The number of thiophene rings is 1. The molecule has 4 rings (SSSR count). The molecule has 0 aliphatic heterocycles. The Labute approximate surface area is 147 Å². The van der Waals surface area contributed by atoms with Crippen LogP contribution in [0.2, 0.25) is 0 Å². The fourth-order valence-electron chi connectivity index (χ4n) is 2.39. The SMILES string of the molecule is O=C(CSc1nnc(-c2cccs2)n1C1CC1)NCc1ccco1. The zero-order valence-electron chi connectivity index (χ0n) is 12.8. The van der Waals surface area contributed by atoms with Gasteiger partial charge in [0.2, 0.25) is 5.91 Å². The molecule has 0 radical (unpaired) electrons. The van der Waals surface area contributed by atoms with Gasteiger partial charge in [0.15, 0.2) is 11.0 Å². The molecule has 3 heterocycles. The number of aromatic nitrogens is 3. The molecular weight excluding hydrogens is 344 g/mol. The average molecular weight is 360 g/mol. The van der Waals surface area contributed by atoms with Crippen LogP contribution in [0.1, 0.15) is 24.6 Å². The van der Waals surface area contributed by atoms with Gasteiger partial charge in [-0.05, 0) is 36.4 Å². The second-order valence-corrected chi connectivity index (χ2v) is 7.42. The highest BCUT2D eigenvalue weighted by atomic mass is 32.2. The third kappa shape index (κ3) is 3.39. The predicted octanol–water partition coefficient (Wildman–Crippen LogP) is 3.34. The second-order valence-electron chi connectivity index (χ2n) is 5.53. The summed E-state index contributed by atoms with van der Waals surface area (Å²) in [5, 5.41) is 14.3. The molecule has 3 aromatic rings. The minimum atomic E-state index is -0.0422. The lowest BCUT2D eigenvalue weighted by Gasteiger charge is -2.07. The summed E-state index contributed by atoms with van der Waals surface area (Å²) in [4.78, 5) is 13.1. The number of amides is 1. The molecule has 1 saturated carbocycles. The Morgan fingerprint density at radius 2 is 2.29 bits per heavy atom. The third-order valence-corrected chi connectivity index (χ3v) is 5.50. The molecule has 3 aromatic heterocycles. The van der Waals surface area contributed by atoms with E-state index in [1.54, 1.807) is 23.7 Å². The number of hydrogen-bond acceptors (Lipinski definition) is 6. The van der Waals surface area contributed by atoms with Crippen molar-refractivity contribution < 1.29 is 9.21 Å². The zero-order chi connectivity index (χ0) is 16.4. The topological polar surface area (TPSA) is 73.0 Å². The molecule has 0 atom stereocenters. The predicted molar refractivity (Wildman–Crippen MR) is 92.9 cm³/mol. The Bertz CT molecular complexity index is 807. The summed E-state index contributed by atoms with van der Waals surface area (Å²) in [6, 6.07) is 8.18. The fourth-order valence-corrected chi connectivity index (χ4v) is 3.93. The molecule has 1 fully saturated rings. The number of carbonyl (C=O) groups excluding carboxylic acids is 1. The quantitative estimate of drug-likeness (QED) is 0.654. The maximum atomic E-state index is 12.0. The van der Waals surface area contributed by atoms with Gasteiger partial charge in [-0.15, -0.1) is 21.5 Å². The van der Waals surface area contributed by atoms with E-state index >= 15 is 0 Å². The molecule has 1 aliphatic rings. The molecule has 1 N–H and O–H groups in total. The van der Waals surface area contributed by atoms with Gasteiger partial charge >= 0.3 is 0 Å². The van der Waals surface area contributed by atoms with E-state index in [4.69, 9.17) is 4.42 Å². The molecule has 8 heteroatoms. The van der Waals surface area contributed by atoms with E-state index in [2.05, 4.69) is 26.1 Å². The van der Waals surface area contributed by atoms with Crippen molar-refractivity contribution in [3.8, 4) is 10.7 Å². The number of carbonyl (C=O) groups is 1. The summed E-state index contributed by atoms with van der Waals surface area (Å²) in [6.07, 6.45) is 3.89. The first kappa shape index (κ1) is 15.5. The van der Waals surface area contributed by atoms with Crippen molar-refractivity contribution in [2.24, 2.45) is 0 Å². The van der Waals surface area contributed by atoms with Gasteiger partial charge in [0.05, 0.1) is 23.4 Å². The van der Waals surface area contributed by atoms with Gasteiger partial charge in [-0.3, -0.25) is 9.36 Å². The molecule has 1 amide bonds. The van der Waals surface area contributed by atoms with Gasteiger partial charge in [0.1, 0.15) is 5.76 Å². The van der Waals surface area contributed by atoms with Crippen molar-refractivity contribution >= 4 is 29.0 Å². The first-order valence-corrected chi connectivity index (χ1v) is 9.58. The van der Waals surface area contributed by atoms with E-state index in [9.17, 15) is 4.79 Å². The standard InChI is InChI=1S/C16H16N4O2S2/c21-14(17-9-12-3-1-7-22-12)10-24-16-19-18-15(13-4-2-8-23-13)20(16)11-5-6-11/h1-4,7-8,11H,5-6,9-10H2,(H,17,21). The van der Waals surface area contributed by atoms with Crippen molar-refractivity contribution in [3.63, 3.8) is 0 Å². The number of nitrogens with one attached hydrogen (secondary N) is 1. The minimum Gasteiger partial charge on any atom is -0.467 e. The van der Waals surface area contributed by atoms with Crippen LogP contribution >= 0.6 is 23.1 Å². The van der Waals surface area contributed by atoms with Gasteiger partial charge in [0.25, 0.3) is 0 Å². The van der Waals surface area contributed by atoms with Crippen molar-refractivity contribution in [2.45, 2.75) is 30.6 Å². The number of rotatable bonds is 7. The third-order valence-electron chi connectivity index (χ3n) is 3.69. The van der Waals surface area contributed by atoms with Gasteiger partial charge in [-0.1, -0.05) is 17.8 Å². The Morgan fingerprint density at radius 1 is 1.38 bits per heavy atom. The van der Waals surface area contributed by atoms with Crippen LogP contribution in [-0.4, -0.2) is 26.4 Å². The van der Waals surface area contributed by atoms with Crippen molar-refractivity contribution in [1.82, 2.24) is 20.1 Å². The van der Waals surface area contributed by atoms with E-state index in [0.717, 1.165) is 34.5 Å². The molecule has 24 heavy (non-hydrogen) atoms. The largest absolute Gasteiger partial charge is 0.467 e. The van der Waals surface area contributed by atoms with Gasteiger partial charge in [-0.25, -0.2) is 0 Å². The van der Waals surface area contributed by atoms with E-state index in [1.165, 1.54) is 11.8 Å². The monoisotopic (exact) mass is 360 g/mol. The number of nitrogens with zero attached hydrogens (tertiary/aromatic N) is 3. The van der Waals surface area contributed by atoms with Crippen LogP contribution in [-0.2, 0) is 11.3 Å². The molecule has 0 unspecified atom stereocenters. The van der Waals surface area contributed by atoms with Crippen LogP contribution in [0.25, 0.3) is 10.7 Å². The molecular formula is C16H16N4O2S2. The van der Waals surface area contributed by atoms with Crippen LogP contribution < -0.4 is 5.32 Å². The molecule has 0 bridgehead atoms. The van der Waals surface area contributed by atoms with Crippen molar-refractivity contribution in [3.05, 3.63) is 41.7 Å². The first-order valence-electron chi connectivity index (χ1n) is 7.72. The maximum absolute atomic E-state index is 12.0. The summed E-state index contributed by atoms with van der Waals surface area (Å²) in [7, 11) is 0. The van der Waals surface area contributed by atoms with E-state index < -0.39 is 0 Å². The summed E-state index contributed by atoms with van der Waals surface area (Å²) in [5.74, 6) is 1.93. The van der Waals surface area contributed by atoms with Crippen LogP contribution in [0.3, 0.4) is 0 Å². The van der Waals surface area contributed by atoms with E-state index in [-0.39, 0.29) is 5.91 Å². The molecule has 1 aliphatic carbocycles. The lowest BCUT2D eigenvalue weighted by molar-refractivity contribution is -0.118. The van der Waals surface area contributed by atoms with Crippen LogP contribution in [0.15, 0.2) is 45.5 Å². The molecule has 124 valence electrons. The normalized spacial score (nSPS) is 14.0. The number of thioether (sulfide) groups is 1. The Morgan fingerprint density at radius 3 is 3.00 bits per heavy atom. The van der Waals surface area contributed by atoms with Crippen molar-refractivity contribution in [2.75, 3.05) is 5.75 Å². The highest BCUT2D eigenvalue weighted by Crippen LogP contribution is 2.41.